The van der Waals surface area contributed by atoms with Crippen LogP contribution in [-0.4, -0.2) is 28.9 Å². The molecule has 0 aromatic heterocycles. The molecule has 0 atom stereocenters. The van der Waals surface area contributed by atoms with Crippen LogP contribution in [0.3, 0.4) is 0 Å². The summed E-state index contributed by atoms with van der Waals surface area (Å²) in [7, 11) is 0. The quantitative estimate of drug-likeness (QED) is 0.659. The maximum atomic E-state index is 11.7. The molecule has 1 aromatic carbocycles. The molecule has 0 radical (unpaired) electrons. The summed E-state index contributed by atoms with van der Waals surface area (Å²) in [6.07, 6.45) is 0. The number of rotatable bonds is 4. The van der Waals surface area contributed by atoms with Gasteiger partial charge in [-0.3, -0.25) is 9.59 Å². The summed E-state index contributed by atoms with van der Waals surface area (Å²) in [5.74, 6) is -0.662. The number of amides is 2. The molecule has 0 aliphatic carbocycles. The average molecular weight is 305 g/mol. The van der Waals surface area contributed by atoms with Crippen molar-refractivity contribution in [2.24, 2.45) is 0 Å². The van der Waals surface area contributed by atoms with Gasteiger partial charge < -0.3 is 10.6 Å². The first-order valence-electron chi connectivity index (χ1n) is 6.55. The van der Waals surface area contributed by atoms with Gasteiger partial charge in [-0.25, -0.2) is 0 Å². The lowest BCUT2D eigenvalue weighted by Crippen LogP contribution is -2.36. The number of nitriles is 1. The van der Waals surface area contributed by atoms with E-state index in [0.29, 0.717) is 17.8 Å². The molecule has 0 saturated carbocycles. The Morgan fingerprint density at radius 3 is 2.62 bits per heavy atom. The number of thioether (sulfide) groups is 1. The van der Waals surface area contributed by atoms with Crippen LogP contribution < -0.4 is 10.6 Å². The van der Waals surface area contributed by atoms with Crippen LogP contribution in [0.15, 0.2) is 24.3 Å². The third kappa shape index (κ3) is 6.82. The maximum absolute atomic E-state index is 11.7. The van der Waals surface area contributed by atoms with Gasteiger partial charge in [0, 0.05) is 22.7 Å². The van der Waals surface area contributed by atoms with Gasteiger partial charge in [-0.15, -0.1) is 0 Å². The lowest BCUT2D eigenvalue weighted by Gasteiger charge is -2.17. The number of anilines is 1. The Balaban J connectivity index is 2.41. The van der Waals surface area contributed by atoms with Gasteiger partial charge in [0.1, 0.15) is 0 Å². The van der Waals surface area contributed by atoms with Crippen molar-refractivity contribution >= 4 is 29.3 Å². The van der Waals surface area contributed by atoms with E-state index in [2.05, 4.69) is 31.4 Å². The normalized spacial score (nSPS) is 10.6. The van der Waals surface area contributed by atoms with Crippen LogP contribution in [0.2, 0.25) is 0 Å². The zero-order valence-corrected chi connectivity index (χ0v) is 13.2. The van der Waals surface area contributed by atoms with E-state index in [9.17, 15) is 9.59 Å². The second kappa shape index (κ2) is 7.70. The second-order valence-corrected chi connectivity index (χ2v) is 7.29. The minimum absolute atomic E-state index is 0.130. The van der Waals surface area contributed by atoms with E-state index in [4.69, 9.17) is 5.26 Å². The molecule has 0 aliphatic rings. The highest BCUT2D eigenvalue weighted by molar-refractivity contribution is 8.00. The van der Waals surface area contributed by atoms with Crippen LogP contribution >= 0.6 is 11.8 Å². The van der Waals surface area contributed by atoms with Crippen LogP contribution in [0.25, 0.3) is 0 Å². The number of carbonyl (C=O) groups excluding carboxylic acids is 2. The Morgan fingerprint density at radius 2 is 2.00 bits per heavy atom. The Hall–Kier alpha value is -2.00. The van der Waals surface area contributed by atoms with Crippen LogP contribution in [0.4, 0.5) is 5.69 Å². The van der Waals surface area contributed by atoms with E-state index in [1.54, 1.807) is 30.0 Å². The Bertz CT molecular complexity index is 559. The molecule has 21 heavy (non-hydrogen) atoms. The highest BCUT2D eigenvalue weighted by Gasteiger charge is 2.14. The minimum Gasteiger partial charge on any atom is -0.347 e. The van der Waals surface area contributed by atoms with Gasteiger partial charge in [0.05, 0.1) is 11.6 Å². The van der Waals surface area contributed by atoms with E-state index in [1.165, 1.54) is 6.07 Å². The molecule has 1 aromatic rings. The number of carbonyl (C=O) groups is 2. The Labute approximate surface area is 129 Å². The fourth-order valence-corrected chi connectivity index (χ4v) is 2.27. The summed E-state index contributed by atoms with van der Waals surface area (Å²) in [5, 5.41) is 13.8. The first-order valence-corrected chi connectivity index (χ1v) is 7.54. The fourth-order valence-electron chi connectivity index (χ4n) is 1.46. The van der Waals surface area contributed by atoms with Crippen molar-refractivity contribution in [3.8, 4) is 6.07 Å². The minimum atomic E-state index is -0.731. The van der Waals surface area contributed by atoms with Gasteiger partial charge >= 0.3 is 11.8 Å². The summed E-state index contributed by atoms with van der Waals surface area (Å²) in [6, 6.07) is 8.38. The maximum Gasteiger partial charge on any atom is 0.313 e. The molecular formula is C15H19N3O2S. The molecule has 2 amide bonds. The summed E-state index contributed by atoms with van der Waals surface area (Å²) in [6.45, 7) is 6.71. The Morgan fingerprint density at radius 1 is 1.29 bits per heavy atom. The van der Waals surface area contributed by atoms with Gasteiger partial charge in [0.25, 0.3) is 0 Å². The fraction of sp³-hybridized carbons (Fsp3) is 0.400. The standard InChI is InChI=1S/C15H19N3O2S/c1-15(2,3)21-8-7-17-13(19)14(20)18-12-6-4-5-11(9-12)10-16/h4-6,9H,7-8H2,1-3H3,(H,17,19)(H,18,20). The molecule has 0 unspecified atom stereocenters. The first kappa shape index (κ1) is 17.1. The number of nitrogens with one attached hydrogen (secondary N) is 2. The monoisotopic (exact) mass is 305 g/mol. The number of benzene rings is 1. The van der Waals surface area contributed by atoms with Gasteiger partial charge in [-0.2, -0.15) is 17.0 Å². The highest BCUT2D eigenvalue weighted by Crippen LogP contribution is 2.21. The molecule has 0 spiro atoms. The summed E-state index contributed by atoms with van der Waals surface area (Å²) in [5.41, 5.74) is 0.855. The van der Waals surface area contributed by atoms with Crippen LogP contribution in [0.1, 0.15) is 26.3 Å². The predicted octanol–water partition coefficient (Wildman–Crippen LogP) is 2.14. The summed E-state index contributed by atoms with van der Waals surface area (Å²) < 4.78 is 0.130. The predicted molar refractivity (Wildman–Crippen MR) is 85.0 cm³/mol. The number of hydrogen-bond donors (Lipinski definition) is 2. The van der Waals surface area contributed by atoms with E-state index in [-0.39, 0.29) is 4.75 Å². The van der Waals surface area contributed by atoms with Crippen molar-refractivity contribution in [3.05, 3.63) is 29.8 Å². The van der Waals surface area contributed by atoms with Crippen molar-refractivity contribution in [2.45, 2.75) is 25.5 Å². The van der Waals surface area contributed by atoms with Crippen molar-refractivity contribution < 1.29 is 9.59 Å². The zero-order valence-electron chi connectivity index (χ0n) is 12.4. The highest BCUT2D eigenvalue weighted by atomic mass is 32.2. The summed E-state index contributed by atoms with van der Waals surface area (Å²) >= 11 is 1.71. The number of nitrogens with zero attached hydrogens (tertiary/aromatic N) is 1. The van der Waals surface area contributed by atoms with Crippen molar-refractivity contribution in [3.63, 3.8) is 0 Å². The van der Waals surface area contributed by atoms with Crippen molar-refractivity contribution in [1.82, 2.24) is 5.32 Å². The van der Waals surface area contributed by atoms with Crippen LogP contribution in [0, 0.1) is 11.3 Å². The third-order valence-corrected chi connectivity index (χ3v) is 3.65. The largest absolute Gasteiger partial charge is 0.347 e. The molecule has 0 aliphatic heterocycles. The van der Waals surface area contributed by atoms with Gasteiger partial charge in [0.15, 0.2) is 0 Å². The molecule has 0 heterocycles. The molecule has 6 heteroatoms. The molecule has 112 valence electrons. The molecule has 0 bridgehead atoms. The average Bonchev–Trinajstić information content (AvgIpc) is 2.42. The second-order valence-electron chi connectivity index (χ2n) is 5.36. The molecule has 2 N–H and O–H groups in total. The van der Waals surface area contributed by atoms with Gasteiger partial charge in [-0.1, -0.05) is 26.8 Å². The van der Waals surface area contributed by atoms with E-state index < -0.39 is 11.8 Å². The first-order chi connectivity index (χ1) is 9.81. The van der Waals surface area contributed by atoms with Crippen molar-refractivity contribution in [1.29, 1.82) is 5.26 Å². The zero-order chi connectivity index (χ0) is 15.9. The van der Waals surface area contributed by atoms with Gasteiger partial charge in [0.2, 0.25) is 0 Å². The molecule has 0 saturated heterocycles. The van der Waals surface area contributed by atoms with Crippen molar-refractivity contribution in [2.75, 3.05) is 17.6 Å². The lowest BCUT2D eigenvalue weighted by atomic mass is 10.2. The molecule has 1 rings (SSSR count). The van der Waals surface area contributed by atoms with Gasteiger partial charge in [-0.05, 0) is 18.2 Å². The van der Waals surface area contributed by atoms with E-state index in [1.807, 2.05) is 6.07 Å². The van der Waals surface area contributed by atoms with Crippen LogP contribution in [0.5, 0.6) is 0 Å². The third-order valence-electron chi connectivity index (χ3n) is 2.38. The smallest absolute Gasteiger partial charge is 0.313 e. The van der Waals surface area contributed by atoms with E-state index in [0.717, 1.165) is 5.75 Å². The Kier molecular flexibility index (Phi) is 6.25. The summed E-state index contributed by atoms with van der Waals surface area (Å²) in [4.78, 5) is 23.3. The molecule has 5 nitrogen and oxygen atoms in total. The number of hydrogen-bond acceptors (Lipinski definition) is 4. The lowest BCUT2D eigenvalue weighted by molar-refractivity contribution is -0.136. The molecule has 0 fully saturated rings. The topological polar surface area (TPSA) is 82.0 Å². The molecular weight excluding hydrogens is 286 g/mol. The van der Waals surface area contributed by atoms with Crippen LogP contribution in [-0.2, 0) is 9.59 Å². The van der Waals surface area contributed by atoms with E-state index >= 15 is 0 Å². The SMILES string of the molecule is CC(C)(C)SCCNC(=O)C(=O)Nc1cccc(C#N)c1.